The van der Waals surface area contributed by atoms with Gasteiger partial charge in [0, 0.05) is 43.0 Å². The lowest BCUT2D eigenvalue weighted by Gasteiger charge is -2.20. The number of hydrogen-bond acceptors (Lipinski definition) is 14. The molecule has 0 unspecified atom stereocenters. The molecule has 0 spiro atoms. The number of benzene rings is 2. The molecule has 60 heavy (non-hydrogen) atoms. The second-order valence-electron chi connectivity index (χ2n) is 15.2. The van der Waals surface area contributed by atoms with Gasteiger partial charge in [0.05, 0.1) is 5.56 Å². The molecule has 0 aromatic heterocycles. The van der Waals surface area contributed by atoms with Gasteiger partial charge in [0.15, 0.2) is 23.8 Å². The van der Waals surface area contributed by atoms with Crippen LogP contribution in [0.15, 0.2) is 60.7 Å². The van der Waals surface area contributed by atoms with Crippen LogP contribution in [-0.4, -0.2) is 84.1 Å². The van der Waals surface area contributed by atoms with E-state index in [0.717, 1.165) is 29.5 Å². The van der Waals surface area contributed by atoms with E-state index in [-0.39, 0.29) is 41.3 Å². The van der Waals surface area contributed by atoms with Gasteiger partial charge in [0.1, 0.15) is 23.5 Å². The van der Waals surface area contributed by atoms with E-state index >= 15 is 0 Å². The largest absolute Gasteiger partial charge is 0.509 e. The zero-order valence-corrected chi connectivity index (χ0v) is 34.9. The van der Waals surface area contributed by atoms with Gasteiger partial charge in [-0.25, -0.2) is 19.2 Å². The minimum Gasteiger partial charge on any atom is -0.507 e. The molecular weight excluding hydrogens is 775 g/mol. The standard InChI is InChI=1S/C24H28O6.C22H25NO7/c1-5-7-17-12-15(3)21-18(13-17)8-6-9-20-22(30-24(27)29-20)19(25)11-10-14(2)16(4)28-23(21)26;1-4-23-15-10-14-6-5-7-18-20(30-22(27)29-18)16(24)9-8-12(2)13(3)28-21(26)19(14)17(25)11-15/h6,8,10-14,16,20,22H,5,7,9H2,1-4H3;5-6,8-13,18,20,23,25H,4,7H2,1-3H3/b8-6+,11-10-;6-5+,9-8-/t14-,16+,20+,22-;12-,13+,18+,20-/m11/s1. The van der Waals surface area contributed by atoms with Crippen molar-refractivity contribution in [2.75, 3.05) is 11.9 Å². The van der Waals surface area contributed by atoms with Crippen LogP contribution < -0.4 is 5.32 Å². The third-order valence-corrected chi connectivity index (χ3v) is 10.6. The highest BCUT2D eigenvalue weighted by molar-refractivity contribution is 5.99. The fraction of sp³-hybridized carbons (Fsp3) is 0.435. The van der Waals surface area contributed by atoms with E-state index in [9.17, 15) is 33.9 Å². The maximum atomic E-state index is 13.0. The summed E-state index contributed by atoms with van der Waals surface area (Å²) >= 11 is 0. The van der Waals surface area contributed by atoms with Crippen LogP contribution in [0, 0.1) is 18.8 Å². The normalized spacial score (nSPS) is 28.9. The number of aromatic hydroxyl groups is 1. The van der Waals surface area contributed by atoms with Crippen LogP contribution in [0.1, 0.15) is 104 Å². The zero-order chi connectivity index (χ0) is 43.7. The number of phenolic OH excluding ortho intramolecular Hbond substituents is 1. The summed E-state index contributed by atoms with van der Waals surface area (Å²) in [4.78, 5) is 73.9. The molecule has 2 aromatic rings. The van der Waals surface area contributed by atoms with Gasteiger partial charge in [-0.1, -0.05) is 75.8 Å². The van der Waals surface area contributed by atoms with Gasteiger partial charge in [0.2, 0.25) is 12.2 Å². The van der Waals surface area contributed by atoms with E-state index in [1.54, 1.807) is 57.2 Å². The Balaban J connectivity index is 0.000000228. The first-order valence-corrected chi connectivity index (χ1v) is 20.3. The van der Waals surface area contributed by atoms with Crippen molar-refractivity contribution in [1.29, 1.82) is 0 Å². The Morgan fingerprint density at radius 3 is 1.63 bits per heavy atom. The van der Waals surface area contributed by atoms with Crippen molar-refractivity contribution < 1.29 is 62.3 Å². The number of carbonyl (C=O) groups is 6. The van der Waals surface area contributed by atoms with Crippen molar-refractivity contribution in [3.05, 3.63) is 94.1 Å². The molecule has 0 aliphatic carbocycles. The average Bonchev–Trinajstić information content (AvgIpc) is 3.76. The number of anilines is 1. The predicted octanol–water partition coefficient (Wildman–Crippen LogP) is 8.03. The van der Waals surface area contributed by atoms with Crippen LogP contribution in [0.3, 0.4) is 0 Å². The Morgan fingerprint density at radius 2 is 1.13 bits per heavy atom. The van der Waals surface area contributed by atoms with Gasteiger partial charge in [-0.15, -0.1) is 0 Å². The fourth-order valence-electron chi connectivity index (χ4n) is 6.98. The molecule has 6 rings (SSSR count). The van der Waals surface area contributed by atoms with E-state index in [4.69, 9.17) is 28.4 Å². The monoisotopic (exact) mass is 827 g/mol. The number of fused-ring (bicyclic) bond motifs is 4. The molecule has 14 nitrogen and oxygen atoms in total. The molecule has 8 atom stereocenters. The highest BCUT2D eigenvalue weighted by atomic mass is 16.8. The third-order valence-electron chi connectivity index (χ3n) is 10.6. The minimum absolute atomic E-state index is 0.0419. The Hall–Kier alpha value is -6.18. The molecule has 0 bridgehead atoms. The summed E-state index contributed by atoms with van der Waals surface area (Å²) in [6.45, 7) is 13.7. The zero-order valence-electron chi connectivity index (χ0n) is 34.9. The fourth-order valence-corrected chi connectivity index (χ4v) is 6.98. The van der Waals surface area contributed by atoms with Crippen LogP contribution in [0.5, 0.6) is 5.75 Å². The number of cyclic esters (lactones) is 2. The van der Waals surface area contributed by atoms with Gasteiger partial charge >= 0.3 is 24.2 Å². The van der Waals surface area contributed by atoms with Crippen molar-refractivity contribution in [3.63, 3.8) is 0 Å². The number of rotatable bonds is 4. The third kappa shape index (κ3) is 11.1. The summed E-state index contributed by atoms with van der Waals surface area (Å²) in [6.07, 6.45) is 9.05. The molecule has 2 fully saturated rings. The van der Waals surface area contributed by atoms with Crippen LogP contribution >= 0.6 is 0 Å². The molecule has 4 heterocycles. The predicted molar refractivity (Wildman–Crippen MR) is 221 cm³/mol. The van der Waals surface area contributed by atoms with Gasteiger partial charge in [-0.2, -0.15) is 0 Å². The number of ketones is 2. The lowest BCUT2D eigenvalue weighted by molar-refractivity contribution is -0.122. The SMILES string of the molecule is CCCc1cc(C)c2c(c1)/C=C/C[C@@H]1OC(=O)O[C@@H]1C(=O)/C=C\[C@@H](C)[C@H](C)OC2=O.CCNc1cc(O)c2c(c1)/C=C/C[C@@H]1OC(=O)O[C@@H]1C(=O)/C=C\[C@@H](C)[C@H](C)OC2=O. The van der Waals surface area contributed by atoms with Gasteiger partial charge in [-0.3, -0.25) is 9.59 Å². The van der Waals surface area contributed by atoms with Crippen molar-refractivity contribution in [3.8, 4) is 5.75 Å². The number of phenols is 1. The first-order valence-electron chi connectivity index (χ1n) is 20.3. The topological polar surface area (TPSA) is 190 Å². The van der Waals surface area contributed by atoms with Crippen molar-refractivity contribution in [2.45, 2.75) is 111 Å². The number of esters is 2. The lowest BCUT2D eigenvalue weighted by atomic mass is 9.95. The van der Waals surface area contributed by atoms with Crippen LogP contribution in [0.2, 0.25) is 0 Å². The Kier molecular flexibility index (Phi) is 15.1. The van der Waals surface area contributed by atoms with Crippen LogP contribution in [-0.2, 0) is 44.4 Å². The first kappa shape index (κ1) is 44.9. The summed E-state index contributed by atoms with van der Waals surface area (Å²) in [5, 5.41) is 13.6. The smallest absolute Gasteiger partial charge is 0.507 e. The maximum Gasteiger partial charge on any atom is 0.509 e. The first-order chi connectivity index (χ1) is 28.6. The summed E-state index contributed by atoms with van der Waals surface area (Å²) in [5.74, 6) is -2.49. The molecule has 320 valence electrons. The molecule has 4 aliphatic heterocycles. The summed E-state index contributed by atoms with van der Waals surface area (Å²) < 4.78 is 31.6. The van der Waals surface area contributed by atoms with Gasteiger partial charge < -0.3 is 38.8 Å². The second kappa shape index (κ2) is 20.2. The molecule has 2 saturated heterocycles. The number of aryl methyl sites for hydroxylation is 2. The van der Waals surface area contributed by atoms with E-state index in [1.165, 1.54) is 18.2 Å². The quantitative estimate of drug-likeness (QED) is 0.223. The molecule has 0 radical (unpaired) electrons. The Bertz CT molecular complexity index is 1950. The van der Waals surface area contributed by atoms with E-state index in [2.05, 4.69) is 12.2 Å². The van der Waals surface area contributed by atoms with Crippen molar-refractivity contribution in [2.24, 2.45) is 11.8 Å². The van der Waals surface area contributed by atoms with Crippen LogP contribution in [0.25, 0.3) is 12.2 Å². The number of hydrogen-bond donors (Lipinski definition) is 2. The van der Waals surface area contributed by atoms with Crippen molar-refractivity contribution >= 4 is 53.7 Å². The number of carbonyl (C=O) groups excluding carboxylic acids is 6. The number of nitrogens with one attached hydrogen (secondary N) is 1. The summed E-state index contributed by atoms with van der Waals surface area (Å²) in [7, 11) is 0. The lowest BCUT2D eigenvalue weighted by Crippen LogP contribution is -2.30. The van der Waals surface area contributed by atoms with E-state index < -0.39 is 60.7 Å². The van der Waals surface area contributed by atoms with Crippen molar-refractivity contribution in [1.82, 2.24) is 0 Å². The summed E-state index contributed by atoms with van der Waals surface area (Å²) in [5.41, 5.74) is 4.40. The molecule has 0 amide bonds. The molecule has 0 saturated carbocycles. The molecule has 2 aromatic carbocycles. The highest BCUT2D eigenvalue weighted by Crippen LogP contribution is 2.31. The highest BCUT2D eigenvalue weighted by Gasteiger charge is 2.41. The Morgan fingerprint density at radius 1 is 0.633 bits per heavy atom. The van der Waals surface area contributed by atoms with Crippen LogP contribution in [0.4, 0.5) is 15.3 Å². The van der Waals surface area contributed by atoms with E-state index in [0.29, 0.717) is 29.8 Å². The summed E-state index contributed by atoms with van der Waals surface area (Å²) in [6, 6.07) is 7.20. The van der Waals surface area contributed by atoms with Gasteiger partial charge in [-0.05, 0) is 74.6 Å². The average molecular weight is 828 g/mol. The maximum absolute atomic E-state index is 13.0. The minimum atomic E-state index is -1.03. The second-order valence-corrected chi connectivity index (χ2v) is 15.2. The molecular formula is C46H53NO13. The molecule has 2 N–H and O–H groups in total. The van der Waals surface area contributed by atoms with E-state index in [1.807, 2.05) is 39.0 Å². The van der Waals surface area contributed by atoms with Gasteiger partial charge in [0.25, 0.3) is 0 Å². The molecule has 14 heteroatoms. The number of ether oxygens (including phenoxy) is 6. The Labute approximate surface area is 349 Å². The molecule has 4 aliphatic rings.